The summed E-state index contributed by atoms with van der Waals surface area (Å²) in [6, 6.07) is 29.3. The average molecular weight is 329 g/mol. The summed E-state index contributed by atoms with van der Waals surface area (Å²) in [5.74, 6) is 0.850. The molecule has 0 heterocycles. The summed E-state index contributed by atoms with van der Waals surface area (Å²) in [4.78, 5) is 0. The summed E-state index contributed by atoms with van der Waals surface area (Å²) < 4.78 is 5.34. The van der Waals surface area contributed by atoms with Gasteiger partial charge in [0.2, 0.25) is 0 Å². The van der Waals surface area contributed by atoms with Crippen molar-refractivity contribution < 1.29 is 4.74 Å². The number of ether oxygens (including phenoxy) is 1. The lowest BCUT2D eigenvalue weighted by atomic mass is 9.77. The highest BCUT2D eigenvalue weighted by Gasteiger charge is 2.35. The third-order valence-corrected chi connectivity index (χ3v) is 4.45. The molecule has 0 aromatic heterocycles. The minimum absolute atomic E-state index is 0.455. The molecule has 3 rings (SSSR count). The molecule has 3 aromatic carbocycles. The van der Waals surface area contributed by atoms with Crippen LogP contribution < -0.4 is 10.1 Å². The average Bonchev–Trinajstić information content (AvgIpc) is 2.71. The zero-order valence-electron chi connectivity index (χ0n) is 14.5. The maximum absolute atomic E-state index is 5.34. The van der Waals surface area contributed by atoms with Crippen molar-refractivity contribution in [1.29, 1.82) is 0 Å². The van der Waals surface area contributed by atoms with Gasteiger partial charge in [-0.3, -0.25) is 5.32 Å². The Bertz CT molecular complexity index is 755. The first-order valence-electron chi connectivity index (χ1n) is 8.43. The standard InChI is InChI=1S/C23H23NO/c1-3-18-24-23(19-10-6-4-7-11-19,20-12-8-5-9-13-20)21-14-16-22(25-2)17-15-21/h3-17,24H,1,18H2,2H3. The number of methoxy groups -OCH3 is 1. The second-order valence-electron chi connectivity index (χ2n) is 5.88. The molecule has 0 fully saturated rings. The quantitative estimate of drug-likeness (QED) is 0.498. The van der Waals surface area contributed by atoms with Crippen LogP contribution in [0.2, 0.25) is 0 Å². The summed E-state index contributed by atoms with van der Waals surface area (Å²) in [6.07, 6.45) is 1.89. The summed E-state index contributed by atoms with van der Waals surface area (Å²) in [6.45, 7) is 4.58. The molecule has 0 radical (unpaired) electrons. The number of hydrogen-bond acceptors (Lipinski definition) is 2. The molecule has 1 N–H and O–H groups in total. The molecule has 0 aliphatic heterocycles. The fourth-order valence-corrected chi connectivity index (χ4v) is 3.25. The van der Waals surface area contributed by atoms with Gasteiger partial charge < -0.3 is 4.74 Å². The van der Waals surface area contributed by atoms with Gasteiger partial charge in [-0.15, -0.1) is 6.58 Å². The second kappa shape index (κ2) is 7.82. The fraction of sp³-hybridized carbons (Fsp3) is 0.130. The molecule has 0 atom stereocenters. The largest absolute Gasteiger partial charge is 0.497 e. The molecular formula is C23H23NO. The molecule has 0 unspecified atom stereocenters. The van der Waals surface area contributed by atoms with Crippen molar-refractivity contribution in [3.63, 3.8) is 0 Å². The predicted molar refractivity (Wildman–Crippen MR) is 104 cm³/mol. The molecule has 0 aliphatic rings. The van der Waals surface area contributed by atoms with E-state index in [0.29, 0.717) is 6.54 Å². The zero-order chi connectivity index (χ0) is 17.5. The van der Waals surface area contributed by atoms with Crippen molar-refractivity contribution in [3.05, 3.63) is 114 Å². The number of nitrogens with one attached hydrogen (secondary N) is 1. The Labute approximate surface area is 149 Å². The van der Waals surface area contributed by atoms with Crippen LogP contribution in [0.25, 0.3) is 0 Å². The molecule has 2 heteroatoms. The van der Waals surface area contributed by atoms with E-state index < -0.39 is 5.54 Å². The van der Waals surface area contributed by atoms with Gasteiger partial charge in [0, 0.05) is 6.54 Å². The van der Waals surface area contributed by atoms with E-state index in [-0.39, 0.29) is 0 Å². The van der Waals surface area contributed by atoms with Crippen LogP contribution in [0.5, 0.6) is 5.75 Å². The van der Waals surface area contributed by atoms with Crippen LogP contribution in [-0.2, 0) is 5.54 Å². The smallest absolute Gasteiger partial charge is 0.118 e. The van der Waals surface area contributed by atoms with Gasteiger partial charge in [0.15, 0.2) is 0 Å². The van der Waals surface area contributed by atoms with Crippen molar-refractivity contribution in [1.82, 2.24) is 5.32 Å². The van der Waals surface area contributed by atoms with Gasteiger partial charge in [-0.25, -0.2) is 0 Å². The molecule has 126 valence electrons. The Morgan fingerprint density at radius 3 is 1.72 bits per heavy atom. The van der Waals surface area contributed by atoms with E-state index in [2.05, 4.69) is 72.6 Å². The summed E-state index contributed by atoms with van der Waals surface area (Å²) >= 11 is 0. The number of hydrogen-bond donors (Lipinski definition) is 1. The van der Waals surface area contributed by atoms with E-state index in [1.165, 1.54) is 11.1 Å². The third kappa shape index (κ3) is 3.35. The maximum Gasteiger partial charge on any atom is 0.118 e. The SMILES string of the molecule is C=CCNC(c1ccccc1)(c1ccccc1)c1ccc(OC)cc1. The van der Waals surface area contributed by atoms with Crippen LogP contribution in [0.4, 0.5) is 0 Å². The first-order valence-corrected chi connectivity index (χ1v) is 8.43. The Morgan fingerprint density at radius 2 is 1.28 bits per heavy atom. The molecule has 25 heavy (non-hydrogen) atoms. The molecule has 0 saturated carbocycles. The zero-order valence-corrected chi connectivity index (χ0v) is 14.5. The number of rotatable bonds is 7. The van der Waals surface area contributed by atoms with Crippen molar-refractivity contribution in [2.45, 2.75) is 5.54 Å². The summed E-state index contributed by atoms with van der Waals surface area (Å²) in [5.41, 5.74) is 3.08. The Morgan fingerprint density at radius 1 is 0.800 bits per heavy atom. The molecule has 0 spiro atoms. The molecule has 0 saturated heterocycles. The van der Waals surface area contributed by atoms with Gasteiger partial charge in [-0.05, 0) is 28.8 Å². The summed E-state index contributed by atoms with van der Waals surface area (Å²) in [5, 5.41) is 3.71. The third-order valence-electron chi connectivity index (χ3n) is 4.45. The Hall–Kier alpha value is -2.84. The maximum atomic E-state index is 5.34. The molecule has 0 amide bonds. The van der Waals surface area contributed by atoms with Gasteiger partial charge >= 0.3 is 0 Å². The first kappa shape index (κ1) is 17.0. The summed E-state index contributed by atoms with van der Waals surface area (Å²) in [7, 11) is 1.69. The van der Waals surface area contributed by atoms with Crippen molar-refractivity contribution in [3.8, 4) is 5.75 Å². The first-order chi connectivity index (χ1) is 12.3. The van der Waals surface area contributed by atoms with Gasteiger partial charge in [-0.1, -0.05) is 78.9 Å². The topological polar surface area (TPSA) is 21.3 Å². The van der Waals surface area contributed by atoms with E-state index in [1.807, 2.05) is 30.3 Å². The van der Waals surface area contributed by atoms with E-state index in [0.717, 1.165) is 11.3 Å². The molecule has 0 bridgehead atoms. The van der Waals surface area contributed by atoms with E-state index in [4.69, 9.17) is 4.74 Å². The highest BCUT2D eigenvalue weighted by molar-refractivity contribution is 5.50. The lowest BCUT2D eigenvalue weighted by Crippen LogP contribution is -2.44. The lowest BCUT2D eigenvalue weighted by molar-refractivity contribution is 0.414. The highest BCUT2D eigenvalue weighted by atomic mass is 16.5. The number of benzene rings is 3. The van der Waals surface area contributed by atoms with Crippen LogP contribution in [0.3, 0.4) is 0 Å². The van der Waals surface area contributed by atoms with Crippen LogP contribution in [0.1, 0.15) is 16.7 Å². The Balaban J connectivity index is 2.25. The second-order valence-corrected chi connectivity index (χ2v) is 5.88. The van der Waals surface area contributed by atoms with E-state index in [9.17, 15) is 0 Å². The van der Waals surface area contributed by atoms with Gasteiger partial charge in [0.05, 0.1) is 12.6 Å². The van der Waals surface area contributed by atoms with Crippen molar-refractivity contribution in [2.75, 3.05) is 13.7 Å². The fourth-order valence-electron chi connectivity index (χ4n) is 3.25. The van der Waals surface area contributed by atoms with Crippen LogP contribution >= 0.6 is 0 Å². The molecule has 2 nitrogen and oxygen atoms in total. The van der Waals surface area contributed by atoms with E-state index >= 15 is 0 Å². The van der Waals surface area contributed by atoms with Crippen LogP contribution in [0, 0.1) is 0 Å². The van der Waals surface area contributed by atoms with Gasteiger partial charge in [0.1, 0.15) is 5.75 Å². The van der Waals surface area contributed by atoms with Crippen molar-refractivity contribution >= 4 is 0 Å². The normalized spacial score (nSPS) is 11.1. The van der Waals surface area contributed by atoms with Gasteiger partial charge in [-0.2, -0.15) is 0 Å². The highest BCUT2D eigenvalue weighted by Crippen LogP contribution is 2.37. The van der Waals surface area contributed by atoms with Crippen molar-refractivity contribution in [2.24, 2.45) is 0 Å². The van der Waals surface area contributed by atoms with Crippen LogP contribution in [0.15, 0.2) is 97.6 Å². The molecular weight excluding hydrogens is 306 g/mol. The lowest BCUT2D eigenvalue weighted by Gasteiger charge is -2.37. The van der Waals surface area contributed by atoms with E-state index in [1.54, 1.807) is 7.11 Å². The molecule has 3 aromatic rings. The van der Waals surface area contributed by atoms with Gasteiger partial charge in [0.25, 0.3) is 0 Å². The minimum atomic E-state index is -0.455. The minimum Gasteiger partial charge on any atom is -0.497 e. The predicted octanol–water partition coefficient (Wildman–Crippen LogP) is 4.76. The molecule has 0 aliphatic carbocycles. The Kier molecular flexibility index (Phi) is 5.32. The van der Waals surface area contributed by atoms with Crippen LogP contribution in [-0.4, -0.2) is 13.7 Å². The monoisotopic (exact) mass is 329 g/mol.